The highest BCUT2D eigenvalue weighted by Gasteiger charge is 2.30. The summed E-state index contributed by atoms with van der Waals surface area (Å²) in [7, 11) is 2.00. The average molecular weight is 264 g/mol. The normalized spacial score (nSPS) is 26.6. The highest BCUT2D eigenvalue weighted by Crippen LogP contribution is 2.31. The van der Waals surface area contributed by atoms with Crippen LogP contribution in [0.1, 0.15) is 50.9 Å². The lowest BCUT2D eigenvalue weighted by Crippen LogP contribution is -2.45. The molecule has 3 unspecified atom stereocenters. The molecule has 0 saturated carbocycles. The molecule has 0 radical (unpaired) electrons. The summed E-state index contributed by atoms with van der Waals surface area (Å²) in [4.78, 5) is 2.58. The highest BCUT2D eigenvalue weighted by atomic mass is 15.3. The number of hydrogen-bond donors (Lipinski definition) is 1. The Morgan fingerprint density at radius 2 is 2.21 bits per heavy atom. The van der Waals surface area contributed by atoms with Gasteiger partial charge in [0.15, 0.2) is 0 Å². The van der Waals surface area contributed by atoms with E-state index in [0.717, 1.165) is 18.9 Å². The van der Waals surface area contributed by atoms with Crippen LogP contribution in [0, 0.1) is 5.92 Å². The molecule has 1 aliphatic rings. The van der Waals surface area contributed by atoms with E-state index < -0.39 is 0 Å². The van der Waals surface area contributed by atoms with Gasteiger partial charge in [-0.25, -0.2) is 0 Å². The van der Waals surface area contributed by atoms with Gasteiger partial charge in [-0.2, -0.15) is 5.10 Å². The average Bonchev–Trinajstić information content (AvgIpc) is 2.74. The second-order valence-electron chi connectivity index (χ2n) is 6.03. The number of hydrogen-bond acceptors (Lipinski definition) is 3. The SMILES string of the molecule is CCc1nn(C)cc1C(CN)N1CCC(C)CC1C. The Morgan fingerprint density at radius 1 is 1.47 bits per heavy atom. The Kier molecular flexibility index (Phi) is 4.63. The van der Waals surface area contributed by atoms with Crippen molar-refractivity contribution >= 4 is 0 Å². The summed E-state index contributed by atoms with van der Waals surface area (Å²) in [6.45, 7) is 8.69. The fourth-order valence-electron chi connectivity index (χ4n) is 3.44. The molecule has 1 fully saturated rings. The Bertz CT molecular complexity index is 412. The third kappa shape index (κ3) is 3.00. The predicted molar refractivity (Wildman–Crippen MR) is 78.9 cm³/mol. The monoisotopic (exact) mass is 264 g/mol. The molecule has 0 bridgehead atoms. The van der Waals surface area contributed by atoms with Gasteiger partial charge in [0.1, 0.15) is 0 Å². The van der Waals surface area contributed by atoms with Crippen LogP contribution in [-0.2, 0) is 13.5 Å². The number of nitrogens with two attached hydrogens (primary N) is 1. The maximum absolute atomic E-state index is 6.09. The summed E-state index contributed by atoms with van der Waals surface area (Å²) in [5.41, 5.74) is 8.61. The van der Waals surface area contributed by atoms with Crippen LogP contribution in [0.3, 0.4) is 0 Å². The largest absolute Gasteiger partial charge is 0.329 e. The summed E-state index contributed by atoms with van der Waals surface area (Å²) in [5, 5.41) is 4.57. The molecule has 2 heterocycles. The van der Waals surface area contributed by atoms with Gasteiger partial charge in [0.2, 0.25) is 0 Å². The van der Waals surface area contributed by atoms with Crippen LogP contribution < -0.4 is 5.73 Å². The minimum atomic E-state index is 0.325. The van der Waals surface area contributed by atoms with Crippen LogP contribution in [0.5, 0.6) is 0 Å². The van der Waals surface area contributed by atoms with Crippen LogP contribution in [0.4, 0.5) is 0 Å². The van der Waals surface area contributed by atoms with Gasteiger partial charge >= 0.3 is 0 Å². The summed E-state index contributed by atoms with van der Waals surface area (Å²) < 4.78 is 1.92. The van der Waals surface area contributed by atoms with Crippen LogP contribution >= 0.6 is 0 Å². The molecule has 1 aromatic heterocycles. The lowest BCUT2D eigenvalue weighted by molar-refractivity contribution is 0.0843. The molecule has 1 aliphatic heterocycles. The van der Waals surface area contributed by atoms with E-state index in [2.05, 4.69) is 37.0 Å². The van der Waals surface area contributed by atoms with Crippen molar-refractivity contribution in [1.82, 2.24) is 14.7 Å². The van der Waals surface area contributed by atoms with Crippen LogP contribution in [0.25, 0.3) is 0 Å². The number of nitrogens with zero attached hydrogens (tertiary/aromatic N) is 3. The molecule has 4 heteroatoms. The zero-order valence-corrected chi connectivity index (χ0v) is 12.8. The van der Waals surface area contributed by atoms with Crippen molar-refractivity contribution in [3.8, 4) is 0 Å². The second-order valence-corrected chi connectivity index (χ2v) is 6.03. The van der Waals surface area contributed by atoms with Gasteiger partial charge in [-0.3, -0.25) is 9.58 Å². The van der Waals surface area contributed by atoms with Gasteiger partial charge in [-0.1, -0.05) is 13.8 Å². The topological polar surface area (TPSA) is 47.1 Å². The molecule has 3 atom stereocenters. The first kappa shape index (κ1) is 14.5. The maximum atomic E-state index is 6.09. The zero-order chi connectivity index (χ0) is 14.0. The van der Waals surface area contributed by atoms with Gasteiger partial charge in [0, 0.05) is 31.4 Å². The second kappa shape index (κ2) is 6.06. The van der Waals surface area contributed by atoms with Gasteiger partial charge in [0.05, 0.1) is 11.7 Å². The van der Waals surface area contributed by atoms with E-state index in [0.29, 0.717) is 18.6 Å². The molecule has 108 valence electrons. The molecular formula is C15H28N4. The molecule has 2 N–H and O–H groups in total. The smallest absolute Gasteiger partial charge is 0.0670 e. The van der Waals surface area contributed by atoms with E-state index in [-0.39, 0.29) is 0 Å². The third-order valence-corrected chi connectivity index (χ3v) is 4.44. The first-order valence-corrected chi connectivity index (χ1v) is 7.55. The van der Waals surface area contributed by atoms with Crippen LogP contribution in [-0.4, -0.2) is 33.8 Å². The zero-order valence-electron chi connectivity index (χ0n) is 12.8. The number of aromatic nitrogens is 2. The van der Waals surface area contributed by atoms with Crippen LogP contribution in [0.15, 0.2) is 6.20 Å². The van der Waals surface area contributed by atoms with E-state index in [1.54, 1.807) is 0 Å². The third-order valence-electron chi connectivity index (χ3n) is 4.44. The Morgan fingerprint density at radius 3 is 2.79 bits per heavy atom. The van der Waals surface area contributed by atoms with Gasteiger partial charge in [-0.15, -0.1) is 0 Å². The summed E-state index contributed by atoms with van der Waals surface area (Å²) in [6, 6.07) is 0.938. The van der Waals surface area contributed by atoms with Crippen molar-refractivity contribution in [2.75, 3.05) is 13.1 Å². The molecular weight excluding hydrogens is 236 g/mol. The molecule has 0 aromatic carbocycles. The molecule has 2 rings (SSSR count). The molecule has 19 heavy (non-hydrogen) atoms. The van der Waals surface area contributed by atoms with Crippen molar-refractivity contribution in [1.29, 1.82) is 0 Å². The van der Waals surface area contributed by atoms with E-state index in [4.69, 9.17) is 5.73 Å². The van der Waals surface area contributed by atoms with Crippen LogP contribution in [0.2, 0.25) is 0 Å². The van der Waals surface area contributed by atoms with Crippen molar-refractivity contribution in [3.05, 3.63) is 17.5 Å². The lowest BCUT2D eigenvalue weighted by atomic mass is 9.90. The molecule has 1 aromatic rings. The van der Waals surface area contributed by atoms with Gasteiger partial charge in [-0.05, 0) is 38.6 Å². The number of aryl methyl sites for hydroxylation is 2. The predicted octanol–water partition coefficient (Wildman–Crippen LogP) is 2.10. The minimum Gasteiger partial charge on any atom is -0.329 e. The van der Waals surface area contributed by atoms with Crippen molar-refractivity contribution < 1.29 is 0 Å². The Hall–Kier alpha value is -0.870. The van der Waals surface area contributed by atoms with Gasteiger partial charge in [0.25, 0.3) is 0 Å². The quantitative estimate of drug-likeness (QED) is 0.906. The fourth-order valence-corrected chi connectivity index (χ4v) is 3.44. The van der Waals surface area contributed by atoms with E-state index in [1.165, 1.54) is 24.1 Å². The molecule has 0 spiro atoms. The number of piperidine rings is 1. The summed E-state index contributed by atoms with van der Waals surface area (Å²) in [5.74, 6) is 0.837. The van der Waals surface area contributed by atoms with Crippen molar-refractivity contribution in [2.24, 2.45) is 18.7 Å². The minimum absolute atomic E-state index is 0.325. The Labute approximate surface area is 117 Å². The van der Waals surface area contributed by atoms with Gasteiger partial charge < -0.3 is 5.73 Å². The first-order valence-electron chi connectivity index (χ1n) is 7.55. The van der Waals surface area contributed by atoms with E-state index in [9.17, 15) is 0 Å². The number of rotatable bonds is 4. The Balaban J connectivity index is 2.23. The molecule has 4 nitrogen and oxygen atoms in total. The number of likely N-dealkylation sites (tertiary alicyclic amines) is 1. The van der Waals surface area contributed by atoms with Crippen molar-refractivity contribution in [2.45, 2.75) is 52.1 Å². The fraction of sp³-hybridized carbons (Fsp3) is 0.800. The van der Waals surface area contributed by atoms with E-state index >= 15 is 0 Å². The van der Waals surface area contributed by atoms with Crippen molar-refractivity contribution in [3.63, 3.8) is 0 Å². The molecule has 0 aliphatic carbocycles. The summed E-state index contributed by atoms with van der Waals surface area (Å²) in [6.07, 6.45) is 5.69. The highest BCUT2D eigenvalue weighted by molar-refractivity contribution is 5.22. The maximum Gasteiger partial charge on any atom is 0.0670 e. The summed E-state index contributed by atoms with van der Waals surface area (Å²) >= 11 is 0. The standard InChI is InChI=1S/C15H28N4/c1-5-14-13(10-18(4)17-14)15(9-16)19-7-6-11(2)8-12(19)3/h10-12,15H,5-9,16H2,1-4H3. The van der Waals surface area contributed by atoms with E-state index in [1.807, 2.05) is 11.7 Å². The molecule has 0 amide bonds. The first-order chi connectivity index (χ1) is 9.06. The lowest BCUT2D eigenvalue weighted by Gasteiger charge is -2.41. The molecule has 1 saturated heterocycles.